The zero-order valence-electron chi connectivity index (χ0n) is 13.6. The molecule has 116 valence electrons. The van der Waals surface area contributed by atoms with Crippen LogP contribution < -0.4 is 10.6 Å². The molecule has 0 spiro atoms. The minimum Gasteiger partial charge on any atom is -0.382 e. The number of hydrogen-bond acceptors (Lipinski definition) is 2. The van der Waals surface area contributed by atoms with Crippen LogP contribution in [0.5, 0.6) is 0 Å². The summed E-state index contributed by atoms with van der Waals surface area (Å²) in [5.74, 6) is 1.52. The van der Waals surface area contributed by atoms with Crippen LogP contribution in [0.15, 0.2) is 24.3 Å². The fourth-order valence-corrected chi connectivity index (χ4v) is 3.19. The number of amides is 1. The topological polar surface area (TPSA) is 41.1 Å². The molecule has 21 heavy (non-hydrogen) atoms. The van der Waals surface area contributed by atoms with Crippen LogP contribution in [0.25, 0.3) is 0 Å². The van der Waals surface area contributed by atoms with E-state index in [4.69, 9.17) is 0 Å². The number of anilines is 1. The van der Waals surface area contributed by atoms with E-state index in [9.17, 15) is 4.79 Å². The normalized spacial score (nSPS) is 25.7. The summed E-state index contributed by atoms with van der Waals surface area (Å²) < 4.78 is 0. The van der Waals surface area contributed by atoms with Crippen molar-refractivity contribution in [2.75, 3.05) is 5.32 Å². The van der Waals surface area contributed by atoms with Crippen LogP contribution in [-0.2, 0) is 0 Å². The fraction of sp³-hybridized carbons (Fsp3) is 0.611. The van der Waals surface area contributed by atoms with Gasteiger partial charge in [0.2, 0.25) is 0 Å². The summed E-state index contributed by atoms with van der Waals surface area (Å²) in [5, 5.41) is 6.56. The Balaban J connectivity index is 2.02. The molecule has 1 fully saturated rings. The third-order valence-corrected chi connectivity index (χ3v) is 4.33. The maximum absolute atomic E-state index is 12.1. The summed E-state index contributed by atoms with van der Waals surface area (Å²) in [6, 6.07) is 8.51. The lowest BCUT2D eigenvalue weighted by atomic mass is 9.80. The van der Waals surface area contributed by atoms with E-state index >= 15 is 0 Å². The van der Waals surface area contributed by atoms with Crippen molar-refractivity contribution in [3.8, 4) is 0 Å². The number of hydrogen-bond donors (Lipinski definition) is 2. The largest absolute Gasteiger partial charge is 0.382 e. The van der Waals surface area contributed by atoms with Gasteiger partial charge in [-0.15, -0.1) is 0 Å². The standard InChI is InChI=1S/C18H28N2O/c1-12(2)19-18(21)15-6-5-7-16(11-15)20-17-9-8-13(3)10-14(17)4/h5-7,11-14,17,20H,8-10H2,1-4H3,(H,19,21). The molecule has 3 unspecified atom stereocenters. The van der Waals surface area contributed by atoms with Crippen molar-refractivity contribution in [1.29, 1.82) is 0 Å². The third-order valence-electron chi connectivity index (χ3n) is 4.33. The van der Waals surface area contributed by atoms with Gasteiger partial charge in [0.1, 0.15) is 0 Å². The fourth-order valence-electron chi connectivity index (χ4n) is 3.19. The Bertz CT molecular complexity index is 484. The van der Waals surface area contributed by atoms with Crippen LogP contribution in [0.4, 0.5) is 5.69 Å². The van der Waals surface area contributed by atoms with E-state index in [-0.39, 0.29) is 11.9 Å². The number of carbonyl (C=O) groups is 1. The van der Waals surface area contributed by atoms with Gasteiger partial charge in [0.05, 0.1) is 0 Å². The van der Waals surface area contributed by atoms with Gasteiger partial charge in [-0.2, -0.15) is 0 Å². The molecular formula is C18H28N2O. The molecule has 1 amide bonds. The van der Waals surface area contributed by atoms with Crippen LogP contribution in [0.1, 0.15) is 57.3 Å². The highest BCUT2D eigenvalue weighted by Crippen LogP contribution is 2.30. The summed E-state index contributed by atoms with van der Waals surface area (Å²) in [4.78, 5) is 12.1. The highest BCUT2D eigenvalue weighted by molar-refractivity contribution is 5.95. The van der Waals surface area contributed by atoms with E-state index in [2.05, 4.69) is 30.5 Å². The Morgan fingerprint density at radius 1 is 1.24 bits per heavy atom. The molecule has 1 saturated carbocycles. The van der Waals surface area contributed by atoms with Crippen LogP contribution in [0.3, 0.4) is 0 Å². The predicted molar refractivity (Wildman–Crippen MR) is 88.6 cm³/mol. The Hall–Kier alpha value is -1.51. The first kappa shape index (κ1) is 15.9. The second-order valence-corrected chi connectivity index (χ2v) is 6.86. The van der Waals surface area contributed by atoms with E-state index in [0.29, 0.717) is 12.0 Å². The van der Waals surface area contributed by atoms with Gasteiger partial charge in [0, 0.05) is 23.3 Å². The molecule has 0 bridgehead atoms. The highest BCUT2D eigenvalue weighted by atomic mass is 16.1. The first-order valence-corrected chi connectivity index (χ1v) is 8.13. The summed E-state index contributed by atoms with van der Waals surface area (Å²) in [6.45, 7) is 8.61. The first-order valence-electron chi connectivity index (χ1n) is 8.13. The van der Waals surface area contributed by atoms with Crippen LogP contribution in [0, 0.1) is 11.8 Å². The molecule has 1 aliphatic rings. The summed E-state index contributed by atoms with van der Waals surface area (Å²) in [7, 11) is 0. The molecule has 0 aliphatic heterocycles. The lowest BCUT2D eigenvalue weighted by Crippen LogP contribution is -2.33. The number of benzene rings is 1. The maximum Gasteiger partial charge on any atom is 0.251 e. The van der Waals surface area contributed by atoms with Crippen molar-refractivity contribution in [3.63, 3.8) is 0 Å². The van der Waals surface area contributed by atoms with Gasteiger partial charge in [-0.05, 0) is 63.1 Å². The van der Waals surface area contributed by atoms with E-state index in [0.717, 1.165) is 17.2 Å². The van der Waals surface area contributed by atoms with Gasteiger partial charge in [-0.1, -0.05) is 19.9 Å². The monoisotopic (exact) mass is 288 g/mol. The van der Waals surface area contributed by atoms with Crippen molar-refractivity contribution in [3.05, 3.63) is 29.8 Å². The third kappa shape index (κ3) is 4.48. The van der Waals surface area contributed by atoms with Crippen molar-refractivity contribution in [2.45, 2.75) is 59.0 Å². The van der Waals surface area contributed by atoms with E-state index < -0.39 is 0 Å². The molecule has 1 aromatic rings. The quantitative estimate of drug-likeness (QED) is 0.877. The van der Waals surface area contributed by atoms with Gasteiger partial charge in [-0.25, -0.2) is 0 Å². The van der Waals surface area contributed by atoms with Crippen molar-refractivity contribution in [2.24, 2.45) is 11.8 Å². The minimum atomic E-state index is -0.000958. The van der Waals surface area contributed by atoms with E-state index in [1.807, 2.05) is 32.0 Å². The van der Waals surface area contributed by atoms with Gasteiger partial charge < -0.3 is 10.6 Å². The van der Waals surface area contributed by atoms with Gasteiger partial charge in [0.15, 0.2) is 0 Å². The van der Waals surface area contributed by atoms with Gasteiger partial charge in [-0.3, -0.25) is 4.79 Å². The average Bonchev–Trinajstić information content (AvgIpc) is 2.41. The molecule has 3 heteroatoms. The molecule has 0 heterocycles. The zero-order chi connectivity index (χ0) is 15.4. The molecule has 0 aromatic heterocycles. The van der Waals surface area contributed by atoms with E-state index in [1.165, 1.54) is 19.3 Å². The first-order chi connectivity index (χ1) is 9.95. The Morgan fingerprint density at radius 2 is 2.00 bits per heavy atom. The molecule has 1 aliphatic carbocycles. The van der Waals surface area contributed by atoms with Gasteiger partial charge >= 0.3 is 0 Å². The highest BCUT2D eigenvalue weighted by Gasteiger charge is 2.25. The predicted octanol–water partition coefficient (Wildman–Crippen LogP) is 4.06. The Labute approximate surface area is 128 Å². The van der Waals surface area contributed by atoms with Crippen LogP contribution in [0.2, 0.25) is 0 Å². The van der Waals surface area contributed by atoms with Crippen LogP contribution in [-0.4, -0.2) is 18.0 Å². The van der Waals surface area contributed by atoms with Crippen molar-refractivity contribution < 1.29 is 4.79 Å². The van der Waals surface area contributed by atoms with Crippen molar-refractivity contribution in [1.82, 2.24) is 5.32 Å². The summed E-state index contributed by atoms with van der Waals surface area (Å²) >= 11 is 0. The molecule has 0 saturated heterocycles. The van der Waals surface area contributed by atoms with E-state index in [1.54, 1.807) is 0 Å². The molecule has 2 N–H and O–H groups in total. The Kier molecular flexibility index (Phi) is 5.27. The van der Waals surface area contributed by atoms with Gasteiger partial charge in [0.25, 0.3) is 5.91 Å². The average molecular weight is 288 g/mol. The minimum absolute atomic E-state index is 0.000958. The zero-order valence-corrected chi connectivity index (χ0v) is 13.6. The maximum atomic E-state index is 12.1. The van der Waals surface area contributed by atoms with Crippen molar-refractivity contribution >= 4 is 11.6 Å². The summed E-state index contributed by atoms with van der Waals surface area (Å²) in [5.41, 5.74) is 1.78. The second-order valence-electron chi connectivity index (χ2n) is 6.86. The molecular weight excluding hydrogens is 260 g/mol. The lowest BCUT2D eigenvalue weighted by molar-refractivity contribution is 0.0943. The number of nitrogens with one attached hydrogen (secondary N) is 2. The summed E-state index contributed by atoms with van der Waals surface area (Å²) in [6.07, 6.45) is 3.78. The molecule has 0 radical (unpaired) electrons. The Morgan fingerprint density at radius 3 is 2.67 bits per heavy atom. The number of carbonyl (C=O) groups excluding carboxylic acids is 1. The lowest BCUT2D eigenvalue weighted by Gasteiger charge is -2.33. The van der Waals surface area contributed by atoms with Crippen LogP contribution >= 0.6 is 0 Å². The molecule has 3 nitrogen and oxygen atoms in total. The second kappa shape index (κ2) is 6.97. The molecule has 2 rings (SSSR count). The molecule has 1 aromatic carbocycles. The smallest absolute Gasteiger partial charge is 0.251 e. The number of rotatable bonds is 4. The SMILES string of the molecule is CC1CCC(Nc2cccc(C(=O)NC(C)C)c2)C(C)C1. The molecule has 3 atom stereocenters.